The number of nitriles is 1. The molecule has 1 saturated carbocycles. The zero-order chi connectivity index (χ0) is 12.1. The molecule has 2 rings (SSSR count). The summed E-state index contributed by atoms with van der Waals surface area (Å²) in [5.41, 5.74) is 1.06. The average Bonchev–Trinajstić information content (AvgIpc) is 3.15. The summed E-state index contributed by atoms with van der Waals surface area (Å²) in [5, 5.41) is 11.9. The zero-order valence-electron chi connectivity index (χ0n) is 9.90. The Hall–Kier alpha value is -1.34. The van der Waals surface area contributed by atoms with Crippen LogP contribution in [0, 0.1) is 11.3 Å². The van der Waals surface area contributed by atoms with Crippen LogP contribution in [0.3, 0.4) is 0 Å². The molecule has 0 amide bonds. The molecule has 0 aliphatic heterocycles. The Labute approximate surface area is 106 Å². The van der Waals surface area contributed by atoms with Crippen LogP contribution in [0.15, 0.2) is 24.3 Å². The monoisotopic (exact) mass is 248 g/mol. The van der Waals surface area contributed by atoms with Gasteiger partial charge in [-0.05, 0) is 31.2 Å². The van der Waals surface area contributed by atoms with Gasteiger partial charge in [0.2, 0.25) is 0 Å². The third-order valence-electron chi connectivity index (χ3n) is 2.99. The van der Waals surface area contributed by atoms with Gasteiger partial charge in [0.25, 0.3) is 0 Å². The van der Waals surface area contributed by atoms with Crippen molar-refractivity contribution in [1.82, 2.24) is 0 Å². The summed E-state index contributed by atoms with van der Waals surface area (Å²) in [6, 6.07) is 9.73. The highest BCUT2D eigenvalue weighted by Gasteiger charge is 2.41. The first-order valence-electron chi connectivity index (χ1n) is 5.67. The first kappa shape index (κ1) is 12.1. The number of anilines is 1. The van der Waals surface area contributed by atoms with E-state index in [-0.39, 0.29) is 6.61 Å². The van der Waals surface area contributed by atoms with E-state index in [1.165, 1.54) is 12.8 Å². The maximum absolute atomic E-state index is 8.45. The summed E-state index contributed by atoms with van der Waals surface area (Å²) in [4.78, 5) is 0. The summed E-state index contributed by atoms with van der Waals surface area (Å²) in [6.45, 7) is 1.09. The molecule has 0 bridgehead atoms. The molecule has 0 unspecified atom stereocenters. The summed E-state index contributed by atoms with van der Waals surface area (Å²) in [6.07, 6.45) is 4.76. The number of benzene rings is 1. The van der Waals surface area contributed by atoms with E-state index in [9.17, 15) is 0 Å². The second kappa shape index (κ2) is 5.33. The van der Waals surface area contributed by atoms with E-state index < -0.39 is 0 Å². The molecular formula is C13H16N2OS. The van der Waals surface area contributed by atoms with Crippen molar-refractivity contribution in [2.24, 2.45) is 0 Å². The van der Waals surface area contributed by atoms with Gasteiger partial charge in [0.15, 0.2) is 6.61 Å². The molecule has 3 nitrogen and oxygen atoms in total. The van der Waals surface area contributed by atoms with Gasteiger partial charge in [-0.3, -0.25) is 0 Å². The van der Waals surface area contributed by atoms with Crippen molar-refractivity contribution in [3.63, 3.8) is 0 Å². The molecule has 4 heteroatoms. The second-order valence-electron chi connectivity index (χ2n) is 4.22. The first-order valence-corrected chi connectivity index (χ1v) is 6.89. The summed E-state index contributed by atoms with van der Waals surface area (Å²) in [7, 11) is 0. The predicted octanol–water partition coefficient (Wildman–Crippen LogP) is 2.90. The third-order valence-corrected chi connectivity index (χ3v) is 4.41. The second-order valence-corrected chi connectivity index (χ2v) is 5.49. The van der Waals surface area contributed by atoms with Gasteiger partial charge in [0.1, 0.15) is 11.8 Å². The van der Waals surface area contributed by atoms with Gasteiger partial charge in [-0.2, -0.15) is 17.0 Å². The largest absolute Gasteiger partial charge is 0.479 e. The topological polar surface area (TPSA) is 45.0 Å². The Kier molecular flexibility index (Phi) is 3.80. The van der Waals surface area contributed by atoms with Crippen LogP contribution in [0.4, 0.5) is 5.69 Å². The Bertz CT molecular complexity index is 424. The minimum atomic E-state index is 0.0954. The van der Waals surface area contributed by atoms with Crippen molar-refractivity contribution >= 4 is 17.4 Å². The van der Waals surface area contributed by atoms with E-state index in [1.54, 1.807) is 0 Å². The Morgan fingerprint density at radius 1 is 1.53 bits per heavy atom. The minimum absolute atomic E-state index is 0.0954. The first-order chi connectivity index (χ1) is 8.28. The molecule has 1 N–H and O–H groups in total. The Balaban J connectivity index is 1.90. The van der Waals surface area contributed by atoms with Gasteiger partial charge in [-0.25, -0.2) is 0 Å². The van der Waals surface area contributed by atoms with Crippen LogP contribution in [0.5, 0.6) is 5.75 Å². The fourth-order valence-electron chi connectivity index (χ4n) is 1.67. The lowest BCUT2D eigenvalue weighted by Crippen LogP contribution is -2.17. The van der Waals surface area contributed by atoms with Gasteiger partial charge in [-0.1, -0.05) is 6.07 Å². The number of nitrogens with zero attached hydrogens (tertiary/aromatic N) is 1. The van der Waals surface area contributed by atoms with Crippen LogP contribution in [0.2, 0.25) is 0 Å². The molecule has 1 aliphatic rings. The lowest BCUT2D eigenvalue weighted by atomic mass is 10.3. The molecule has 1 aliphatic carbocycles. The number of hydrogen-bond donors (Lipinski definition) is 1. The highest BCUT2D eigenvalue weighted by atomic mass is 32.2. The number of thioether (sulfide) groups is 1. The van der Waals surface area contributed by atoms with Gasteiger partial charge >= 0.3 is 0 Å². The zero-order valence-corrected chi connectivity index (χ0v) is 10.7. The van der Waals surface area contributed by atoms with Crippen LogP contribution in [-0.4, -0.2) is 24.2 Å². The summed E-state index contributed by atoms with van der Waals surface area (Å²) < 4.78 is 5.71. The Morgan fingerprint density at radius 3 is 3.00 bits per heavy atom. The predicted molar refractivity (Wildman–Crippen MR) is 71.5 cm³/mol. The number of ether oxygens (including phenoxy) is 1. The quantitative estimate of drug-likeness (QED) is 0.840. The molecule has 0 heterocycles. The average molecular weight is 248 g/mol. The molecule has 0 radical (unpaired) electrons. The van der Waals surface area contributed by atoms with Crippen molar-refractivity contribution in [1.29, 1.82) is 5.26 Å². The molecule has 1 aromatic rings. The lowest BCUT2D eigenvalue weighted by Gasteiger charge is -2.14. The highest BCUT2D eigenvalue weighted by molar-refractivity contribution is 8.00. The van der Waals surface area contributed by atoms with E-state index in [2.05, 4.69) is 11.6 Å². The van der Waals surface area contributed by atoms with Crippen molar-refractivity contribution in [2.45, 2.75) is 17.6 Å². The molecule has 17 heavy (non-hydrogen) atoms. The summed E-state index contributed by atoms with van der Waals surface area (Å²) >= 11 is 1.94. The molecule has 0 atom stereocenters. The molecule has 90 valence electrons. The molecule has 0 saturated heterocycles. The van der Waals surface area contributed by atoms with Crippen LogP contribution < -0.4 is 10.1 Å². The van der Waals surface area contributed by atoms with E-state index >= 15 is 0 Å². The van der Waals surface area contributed by atoms with E-state index in [0.717, 1.165) is 18.0 Å². The molecule has 0 aromatic heterocycles. The molecule has 1 fully saturated rings. The van der Waals surface area contributed by atoms with Crippen LogP contribution in [-0.2, 0) is 0 Å². The van der Waals surface area contributed by atoms with E-state index in [4.69, 9.17) is 10.00 Å². The fraction of sp³-hybridized carbons (Fsp3) is 0.462. The highest BCUT2D eigenvalue weighted by Crippen LogP contribution is 2.47. The van der Waals surface area contributed by atoms with Gasteiger partial charge in [-0.15, -0.1) is 0 Å². The number of nitrogens with one attached hydrogen (secondary N) is 1. The van der Waals surface area contributed by atoms with Gasteiger partial charge in [0, 0.05) is 23.0 Å². The van der Waals surface area contributed by atoms with Gasteiger partial charge in [0.05, 0.1) is 0 Å². The van der Waals surface area contributed by atoms with Crippen LogP contribution in [0.25, 0.3) is 0 Å². The van der Waals surface area contributed by atoms with E-state index in [1.807, 2.05) is 42.1 Å². The third kappa shape index (κ3) is 3.31. The molecule has 1 aromatic carbocycles. The maximum atomic E-state index is 8.45. The van der Waals surface area contributed by atoms with Gasteiger partial charge < -0.3 is 10.1 Å². The number of rotatable bonds is 6. The molecule has 0 spiro atoms. The smallest absolute Gasteiger partial charge is 0.174 e. The van der Waals surface area contributed by atoms with Crippen molar-refractivity contribution in [3.05, 3.63) is 24.3 Å². The van der Waals surface area contributed by atoms with Crippen molar-refractivity contribution in [3.8, 4) is 11.8 Å². The van der Waals surface area contributed by atoms with Crippen molar-refractivity contribution < 1.29 is 4.74 Å². The molecular weight excluding hydrogens is 232 g/mol. The SMILES string of the molecule is CSC1(CNc2cccc(OCC#N)c2)CC1. The van der Waals surface area contributed by atoms with Crippen LogP contribution in [0.1, 0.15) is 12.8 Å². The fourth-order valence-corrected chi connectivity index (χ4v) is 2.39. The lowest BCUT2D eigenvalue weighted by molar-refractivity contribution is 0.368. The van der Waals surface area contributed by atoms with Crippen LogP contribution >= 0.6 is 11.8 Å². The minimum Gasteiger partial charge on any atom is -0.479 e. The summed E-state index contributed by atoms with van der Waals surface area (Å²) in [5.74, 6) is 0.741. The Morgan fingerprint density at radius 2 is 2.35 bits per heavy atom. The van der Waals surface area contributed by atoms with E-state index in [0.29, 0.717) is 4.75 Å². The normalized spacial score (nSPS) is 16.0. The number of hydrogen-bond acceptors (Lipinski definition) is 4. The maximum Gasteiger partial charge on any atom is 0.174 e. The standard InChI is InChI=1S/C13H16N2OS/c1-17-13(5-6-13)10-15-11-3-2-4-12(9-11)16-8-7-14/h2-4,9,15H,5-6,8,10H2,1H3. The van der Waals surface area contributed by atoms with Crippen molar-refractivity contribution in [2.75, 3.05) is 24.7 Å².